The van der Waals surface area contributed by atoms with Crippen LogP contribution in [0.4, 0.5) is 8.78 Å². The first kappa shape index (κ1) is 14.4. The standard InChI is InChI=1S/C12H15BrF2O2/c13-10-7-9(14)8-11(15)12(10)17-6-4-2-1-3-5-16/h7-8,16H,1-6H2. The van der Waals surface area contributed by atoms with Crippen LogP contribution >= 0.6 is 15.9 Å². The van der Waals surface area contributed by atoms with E-state index < -0.39 is 11.6 Å². The van der Waals surface area contributed by atoms with Crippen LogP contribution in [0.1, 0.15) is 25.7 Å². The van der Waals surface area contributed by atoms with E-state index in [4.69, 9.17) is 9.84 Å². The first-order valence-electron chi connectivity index (χ1n) is 5.53. The molecule has 0 unspecified atom stereocenters. The third-order valence-electron chi connectivity index (χ3n) is 2.26. The highest BCUT2D eigenvalue weighted by atomic mass is 79.9. The van der Waals surface area contributed by atoms with Crippen molar-refractivity contribution in [1.82, 2.24) is 0 Å². The highest BCUT2D eigenvalue weighted by molar-refractivity contribution is 9.10. The lowest BCUT2D eigenvalue weighted by molar-refractivity contribution is 0.268. The van der Waals surface area contributed by atoms with E-state index in [0.29, 0.717) is 6.61 Å². The van der Waals surface area contributed by atoms with Gasteiger partial charge >= 0.3 is 0 Å². The topological polar surface area (TPSA) is 29.5 Å². The summed E-state index contributed by atoms with van der Waals surface area (Å²) < 4.78 is 31.6. The van der Waals surface area contributed by atoms with Gasteiger partial charge in [-0.25, -0.2) is 8.78 Å². The van der Waals surface area contributed by atoms with Crippen molar-refractivity contribution in [3.63, 3.8) is 0 Å². The van der Waals surface area contributed by atoms with Crippen molar-refractivity contribution in [3.05, 3.63) is 28.2 Å². The molecule has 17 heavy (non-hydrogen) atoms. The van der Waals surface area contributed by atoms with E-state index in [1.807, 2.05) is 0 Å². The Kier molecular flexibility index (Phi) is 6.44. The van der Waals surface area contributed by atoms with Gasteiger partial charge < -0.3 is 9.84 Å². The van der Waals surface area contributed by atoms with Gasteiger partial charge in [-0.05, 0) is 41.3 Å². The Labute approximate surface area is 108 Å². The molecule has 0 atom stereocenters. The van der Waals surface area contributed by atoms with Gasteiger partial charge in [0.25, 0.3) is 0 Å². The maximum absolute atomic E-state index is 13.3. The summed E-state index contributed by atoms with van der Waals surface area (Å²) in [5, 5.41) is 8.58. The predicted octanol–water partition coefficient (Wildman–Crippen LogP) is 3.66. The molecule has 0 heterocycles. The van der Waals surface area contributed by atoms with Crippen molar-refractivity contribution in [2.45, 2.75) is 25.7 Å². The van der Waals surface area contributed by atoms with Crippen LogP contribution in [-0.2, 0) is 0 Å². The number of hydrogen-bond donors (Lipinski definition) is 1. The van der Waals surface area contributed by atoms with E-state index in [9.17, 15) is 8.78 Å². The molecule has 1 N–H and O–H groups in total. The minimum atomic E-state index is -0.702. The van der Waals surface area contributed by atoms with E-state index in [1.165, 1.54) is 6.07 Å². The van der Waals surface area contributed by atoms with Crippen molar-refractivity contribution in [3.8, 4) is 5.75 Å². The number of aliphatic hydroxyl groups excluding tert-OH is 1. The van der Waals surface area contributed by atoms with Crippen LogP contribution in [0.3, 0.4) is 0 Å². The molecule has 5 heteroatoms. The van der Waals surface area contributed by atoms with Crippen LogP contribution in [0.15, 0.2) is 16.6 Å². The van der Waals surface area contributed by atoms with E-state index in [-0.39, 0.29) is 16.8 Å². The van der Waals surface area contributed by atoms with E-state index in [0.717, 1.165) is 31.7 Å². The quantitative estimate of drug-likeness (QED) is 0.779. The third kappa shape index (κ3) is 5.00. The second kappa shape index (κ2) is 7.61. The van der Waals surface area contributed by atoms with Gasteiger partial charge in [0.15, 0.2) is 11.6 Å². The first-order valence-corrected chi connectivity index (χ1v) is 6.32. The summed E-state index contributed by atoms with van der Waals surface area (Å²) in [6.45, 7) is 0.575. The lowest BCUT2D eigenvalue weighted by atomic mass is 10.2. The smallest absolute Gasteiger partial charge is 0.169 e. The molecule has 1 aromatic rings. The SMILES string of the molecule is OCCCCCCOc1c(F)cc(F)cc1Br. The number of hydrogen-bond acceptors (Lipinski definition) is 2. The predicted molar refractivity (Wildman–Crippen MR) is 65.1 cm³/mol. The summed E-state index contributed by atoms with van der Waals surface area (Å²) in [5.74, 6) is -1.29. The van der Waals surface area contributed by atoms with E-state index in [2.05, 4.69) is 15.9 Å². The Balaban J connectivity index is 2.36. The van der Waals surface area contributed by atoms with Crippen LogP contribution in [0.5, 0.6) is 5.75 Å². The summed E-state index contributed by atoms with van der Waals surface area (Å²) in [5.41, 5.74) is 0. The minimum absolute atomic E-state index is 0.0496. The minimum Gasteiger partial charge on any atom is -0.489 e. The molecule has 96 valence electrons. The Bertz CT molecular complexity index is 335. The summed E-state index contributed by atoms with van der Waals surface area (Å²) in [6, 6.07) is 1.97. The molecular formula is C12H15BrF2O2. The molecule has 1 rings (SSSR count). The summed E-state index contributed by atoms with van der Waals surface area (Å²) in [4.78, 5) is 0. The fourth-order valence-electron chi connectivity index (χ4n) is 1.41. The van der Waals surface area contributed by atoms with Crippen molar-refractivity contribution in [1.29, 1.82) is 0 Å². The molecule has 0 aliphatic heterocycles. The molecule has 0 spiro atoms. The maximum Gasteiger partial charge on any atom is 0.169 e. The van der Waals surface area contributed by atoms with Crippen LogP contribution in [0.25, 0.3) is 0 Å². The molecule has 0 aliphatic rings. The van der Waals surface area contributed by atoms with Gasteiger partial charge in [-0.1, -0.05) is 6.42 Å². The van der Waals surface area contributed by atoms with E-state index >= 15 is 0 Å². The Morgan fingerprint density at radius 1 is 1.12 bits per heavy atom. The van der Waals surface area contributed by atoms with Crippen LogP contribution in [0.2, 0.25) is 0 Å². The third-order valence-corrected chi connectivity index (χ3v) is 2.85. The van der Waals surface area contributed by atoms with Gasteiger partial charge in [0, 0.05) is 12.7 Å². The van der Waals surface area contributed by atoms with Gasteiger partial charge in [0.2, 0.25) is 0 Å². The second-order valence-electron chi connectivity index (χ2n) is 3.68. The molecule has 0 amide bonds. The zero-order valence-corrected chi connectivity index (χ0v) is 11.0. The second-order valence-corrected chi connectivity index (χ2v) is 4.54. The molecular weight excluding hydrogens is 294 g/mol. The lowest BCUT2D eigenvalue weighted by Gasteiger charge is -2.09. The van der Waals surface area contributed by atoms with E-state index in [1.54, 1.807) is 0 Å². The van der Waals surface area contributed by atoms with Crippen molar-refractivity contribution in [2.75, 3.05) is 13.2 Å². The monoisotopic (exact) mass is 308 g/mol. The largest absolute Gasteiger partial charge is 0.489 e. The van der Waals surface area contributed by atoms with Gasteiger partial charge in [-0.3, -0.25) is 0 Å². The Hall–Kier alpha value is -0.680. The number of ether oxygens (including phenoxy) is 1. The number of halogens is 3. The van der Waals surface area contributed by atoms with Gasteiger partial charge in [0.05, 0.1) is 11.1 Å². The van der Waals surface area contributed by atoms with Crippen LogP contribution < -0.4 is 4.74 Å². The Morgan fingerprint density at radius 3 is 2.47 bits per heavy atom. The molecule has 0 saturated carbocycles. The molecule has 0 aromatic heterocycles. The fourth-order valence-corrected chi connectivity index (χ4v) is 1.93. The fraction of sp³-hybridized carbons (Fsp3) is 0.500. The Morgan fingerprint density at radius 2 is 1.82 bits per heavy atom. The summed E-state index contributed by atoms with van der Waals surface area (Å²) >= 11 is 3.05. The lowest BCUT2D eigenvalue weighted by Crippen LogP contribution is -2.01. The molecule has 0 saturated heterocycles. The van der Waals surface area contributed by atoms with Gasteiger partial charge in [-0.2, -0.15) is 0 Å². The summed E-state index contributed by atoms with van der Waals surface area (Å²) in [6.07, 6.45) is 3.39. The highest BCUT2D eigenvalue weighted by Gasteiger charge is 2.10. The number of unbranched alkanes of at least 4 members (excludes halogenated alkanes) is 3. The van der Waals surface area contributed by atoms with Gasteiger partial charge in [0.1, 0.15) is 5.82 Å². The van der Waals surface area contributed by atoms with Crippen molar-refractivity contribution in [2.24, 2.45) is 0 Å². The maximum atomic E-state index is 13.3. The van der Waals surface area contributed by atoms with Crippen LogP contribution in [0, 0.1) is 11.6 Å². The molecule has 0 aliphatic carbocycles. The molecule has 2 nitrogen and oxygen atoms in total. The number of rotatable bonds is 7. The molecule has 0 radical (unpaired) electrons. The zero-order chi connectivity index (χ0) is 12.7. The van der Waals surface area contributed by atoms with Crippen molar-refractivity contribution < 1.29 is 18.6 Å². The molecule has 1 aromatic carbocycles. The first-order chi connectivity index (χ1) is 8.15. The molecule has 0 fully saturated rings. The van der Waals surface area contributed by atoms with Crippen LogP contribution in [-0.4, -0.2) is 18.3 Å². The van der Waals surface area contributed by atoms with Crippen molar-refractivity contribution >= 4 is 15.9 Å². The number of benzene rings is 1. The normalized spacial score (nSPS) is 10.6. The molecule has 0 bridgehead atoms. The van der Waals surface area contributed by atoms with Gasteiger partial charge in [-0.15, -0.1) is 0 Å². The average Bonchev–Trinajstić information content (AvgIpc) is 2.26. The highest BCUT2D eigenvalue weighted by Crippen LogP contribution is 2.29. The zero-order valence-electron chi connectivity index (χ0n) is 9.39. The summed E-state index contributed by atoms with van der Waals surface area (Å²) in [7, 11) is 0. The number of aliphatic hydroxyl groups is 1. The average molecular weight is 309 g/mol.